The van der Waals surface area contributed by atoms with Crippen LogP contribution in [-0.2, 0) is 9.53 Å². The van der Waals surface area contributed by atoms with Gasteiger partial charge in [-0.05, 0) is 12.8 Å². The molecule has 0 atom stereocenters. The molecule has 0 unspecified atom stereocenters. The third-order valence-electron chi connectivity index (χ3n) is 2.74. The van der Waals surface area contributed by atoms with Crippen molar-refractivity contribution in [3.63, 3.8) is 0 Å². The Morgan fingerprint density at radius 3 is 2.82 bits per heavy atom. The van der Waals surface area contributed by atoms with E-state index in [0.717, 1.165) is 12.8 Å². The van der Waals surface area contributed by atoms with E-state index in [1.54, 1.807) is 0 Å². The normalized spacial score (nSPS) is 16.8. The van der Waals surface area contributed by atoms with E-state index >= 15 is 0 Å². The summed E-state index contributed by atoms with van der Waals surface area (Å²) in [6.45, 7) is 2.57. The highest BCUT2D eigenvalue weighted by Crippen LogP contribution is 2.13. The fraction of sp³-hybridized carbons (Fsp3) is 0.750. The van der Waals surface area contributed by atoms with Crippen LogP contribution in [-0.4, -0.2) is 61.4 Å². The molecule has 1 aliphatic rings. The lowest BCUT2D eigenvalue weighted by Gasteiger charge is -2.31. The zero-order valence-electron chi connectivity index (χ0n) is 10.0. The molecule has 96 valence electrons. The van der Waals surface area contributed by atoms with Crippen LogP contribution in [0.15, 0.2) is 0 Å². The average molecular weight is 240 g/mol. The van der Waals surface area contributed by atoms with Crippen molar-refractivity contribution in [2.45, 2.75) is 18.9 Å². The molecule has 0 radical (unpaired) electrons. The molecule has 1 aliphatic heterocycles. The smallest absolute Gasteiger partial charge is 0.236 e. The lowest BCUT2D eigenvalue weighted by atomic mass is 10.1. The summed E-state index contributed by atoms with van der Waals surface area (Å²) in [4.78, 5) is 13.5. The molecular weight excluding hydrogens is 220 g/mol. The van der Waals surface area contributed by atoms with Crippen LogP contribution < -0.4 is 5.32 Å². The number of carbonyl (C=O) groups is 1. The highest BCUT2D eigenvalue weighted by atomic mass is 16.5. The Hall–Kier alpha value is -1.09. The van der Waals surface area contributed by atoms with Crippen molar-refractivity contribution in [2.75, 3.05) is 39.4 Å². The largest absolute Gasteiger partial charge is 0.394 e. The van der Waals surface area contributed by atoms with Crippen molar-refractivity contribution < 1.29 is 14.6 Å². The molecule has 0 spiro atoms. The number of terminal acetylenes is 1. The van der Waals surface area contributed by atoms with Gasteiger partial charge in [0, 0.05) is 13.1 Å². The van der Waals surface area contributed by atoms with Crippen molar-refractivity contribution in [2.24, 2.45) is 0 Å². The maximum absolute atomic E-state index is 11.7. The van der Waals surface area contributed by atoms with Crippen LogP contribution in [0.5, 0.6) is 0 Å². The number of aliphatic hydroxyl groups is 1. The van der Waals surface area contributed by atoms with E-state index in [4.69, 9.17) is 16.3 Å². The fourth-order valence-corrected chi connectivity index (χ4v) is 1.84. The van der Waals surface area contributed by atoms with Gasteiger partial charge in [-0.25, -0.2) is 0 Å². The zero-order valence-corrected chi connectivity index (χ0v) is 10.0. The van der Waals surface area contributed by atoms with Gasteiger partial charge in [0.15, 0.2) is 0 Å². The van der Waals surface area contributed by atoms with Crippen LogP contribution in [0.4, 0.5) is 0 Å². The molecule has 0 bridgehead atoms. The van der Waals surface area contributed by atoms with Gasteiger partial charge in [0.05, 0.1) is 32.4 Å². The predicted octanol–water partition coefficient (Wildman–Crippen LogP) is -0.791. The minimum Gasteiger partial charge on any atom is -0.394 e. The van der Waals surface area contributed by atoms with E-state index in [0.29, 0.717) is 32.8 Å². The molecule has 5 heteroatoms. The first-order valence-electron chi connectivity index (χ1n) is 5.92. The fourth-order valence-electron chi connectivity index (χ4n) is 1.84. The number of hydrogen-bond acceptors (Lipinski definition) is 4. The number of nitrogens with one attached hydrogen (secondary N) is 1. The first-order chi connectivity index (χ1) is 8.27. The first-order valence-corrected chi connectivity index (χ1v) is 5.92. The van der Waals surface area contributed by atoms with Crippen LogP contribution in [0.3, 0.4) is 0 Å². The second-order valence-electron chi connectivity index (χ2n) is 3.98. The molecule has 17 heavy (non-hydrogen) atoms. The maximum atomic E-state index is 11.7. The van der Waals surface area contributed by atoms with Crippen LogP contribution in [0.25, 0.3) is 0 Å². The number of nitrogens with zero attached hydrogens (tertiary/aromatic N) is 1. The lowest BCUT2D eigenvalue weighted by molar-refractivity contribution is -0.132. The topological polar surface area (TPSA) is 61.8 Å². The molecule has 5 nitrogen and oxygen atoms in total. The third kappa shape index (κ3) is 5.18. The maximum Gasteiger partial charge on any atom is 0.236 e. The highest BCUT2D eigenvalue weighted by Gasteiger charge is 2.22. The number of hydrogen-bond donors (Lipinski definition) is 2. The number of amides is 1. The molecular formula is C12H20N2O3. The first kappa shape index (κ1) is 14.0. The number of ether oxygens (including phenoxy) is 1. The van der Waals surface area contributed by atoms with Crippen molar-refractivity contribution in [1.29, 1.82) is 0 Å². The second-order valence-corrected chi connectivity index (χ2v) is 3.98. The van der Waals surface area contributed by atoms with E-state index < -0.39 is 0 Å². The Kier molecular flexibility index (Phi) is 6.63. The van der Waals surface area contributed by atoms with E-state index in [1.165, 1.54) is 0 Å². The van der Waals surface area contributed by atoms with E-state index in [9.17, 15) is 4.79 Å². The van der Waals surface area contributed by atoms with Gasteiger partial charge in [-0.15, -0.1) is 6.42 Å². The monoisotopic (exact) mass is 240 g/mol. The highest BCUT2D eigenvalue weighted by molar-refractivity contribution is 5.78. The minimum absolute atomic E-state index is 0.0507. The van der Waals surface area contributed by atoms with Gasteiger partial charge < -0.3 is 14.7 Å². The molecule has 0 aliphatic carbocycles. The standard InChI is InChI=1S/C12H20N2O3/c1-2-5-13-10-12(16)14-6-3-11(4-7-14)17-9-8-15/h1,11,13,15H,3-10H2. The minimum atomic E-state index is 0.0507. The van der Waals surface area contributed by atoms with Crippen LogP contribution in [0.2, 0.25) is 0 Å². The van der Waals surface area contributed by atoms with Gasteiger partial charge in [0.25, 0.3) is 0 Å². The Morgan fingerprint density at radius 1 is 1.53 bits per heavy atom. The van der Waals surface area contributed by atoms with Crippen molar-refractivity contribution in [3.8, 4) is 12.3 Å². The summed E-state index contributed by atoms with van der Waals surface area (Å²) in [5, 5.41) is 11.5. The van der Waals surface area contributed by atoms with E-state index in [-0.39, 0.29) is 18.6 Å². The van der Waals surface area contributed by atoms with Gasteiger partial charge in [0.1, 0.15) is 0 Å². The molecule has 1 amide bonds. The van der Waals surface area contributed by atoms with Gasteiger partial charge in [-0.3, -0.25) is 10.1 Å². The van der Waals surface area contributed by atoms with Gasteiger partial charge in [-0.1, -0.05) is 5.92 Å². The molecule has 0 saturated carbocycles. The predicted molar refractivity (Wildman–Crippen MR) is 64.3 cm³/mol. The van der Waals surface area contributed by atoms with Gasteiger partial charge in [-0.2, -0.15) is 0 Å². The van der Waals surface area contributed by atoms with Crippen LogP contribution in [0, 0.1) is 12.3 Å². The molecule has 1 rings (SSSR count). The molecule has 1 fully saturated rings. The number of carbonyl (C=O) groups excluding carboxylic acids is 1. The summed E-state index contributed by atoms with van der Waals surface area (Å²) >= 11 is 0. The number of rotatable bonds is 6. The van der Waals surface area contributed by atoms with Crippen LogP contribution >= 0.6 is 0 Å². The SMILES string of the molecule is C#CCNCC(=O)N1CCC(OCCO)CC1. The summed E-state index contributed by atoms with van der Waals surface area (Å²) in [5.74, 6) is 2.51. The molecule has 2 N–H and O–H groups in total. The quantitative estimate of drug-likeness (QED) is 0.472. The average Bonchev–Trinajstić information content (AvgIpc) is 2.37. The van der Waals surface area contributed by atoms with Crippen molar-refractivity contribution >= 4 is 5.91 Å². The lowest BCUT2D eigenvalue weighted by Crippen LogP contribution is -2.44. The summed E-state index contributed by atoms with van der Waals surface area (Å²) in [6.07, 6.45) is 6.92. The van der Waals surface area contributed by atoms with E-state index in [2.05, 4.69) is 11.2 Å². The molecule has 1 saturated heterocycles. The number of piperidine rings is 1. The Labute approximate surface area is 102 Å². The number of aliphatic hydroxyl groups excluding tert-OH is 1. The summed E-state index contributed by atoms with van der Waals surface area (Å²) in [5.41, 5.74) is 0. The summed E-state index contributed by atoms with van der Waals surface area (Å²) in [7, 11) is 0. The van der Waals surface area contributed by atoms with Gasteiger partial charge in [0.2, 0.25) is 5.91 Å². The van der Waals surface area contributed by atoms with Crippen molar-refractivity contribution in [3.05, 3.63) is 0 Å². The molecule has 0 aromatic heterocycles. The van der Waals surface area contributed by atoms with E-state index in [1.807, 2.05) is 4.90 Å². The second kappa shape index (κ2) is 8.07. The van der Waals surface area contributed by atoms with Crippen molar-refractivity contribution in [1.82, 2.24) is 10.2 Å². The third-order valence-corrected chi connectivity index (χ3v) is 2.74. The van der Waals surface area contributed by atoms with Gasteiger partial charge >= 0.3 is 0 Å². The molecule has 0 aromatic carbocycles. The number of likely N-dealkylation sites (tertiary alicyclic amines) is 1. The van der Waals surface area contributed by atoms with Crippen LogP contribution in [0.1, 0.15) is 12.8 Å². The summed E-state index contributed by atoms with van der Waals surface area (Å²) < 4.78 is 5.43. The Bertz CT molecular complexity index is 267. The Balaban J connectivity index is 2.17. The molecule has 1 heterocycles. The summed E-state index contributed by atoms with van der Waals surface area (Å²) in [6, 6.07) is 0. The Morgan fingerprint density at radius 2 is 2.24 bits per heavy atom. The molecule has 0 aromatic rings. The zero-order chi connectivity index (χ0) is 12.5.